The normalized spacial score (nSPS) is 12.0. The van der Waals surface area contributed by atoms with Gasteiger partial charge in [0.15, 0.2) is 0 Å². The maximum absolute atomic E-state index is 12.3. The van der Waals surface area contributed by atoms with Crippen LogP contribution < -0.4 is 10.1 Å². The van der Waals surface area contributed by atoms with Crippen molar-refractivity contribution < 1.29 is 19.4 Å². The summed E-state index contributed by atoms with van der Waals surface area (Å²) in [6, 6.07) is 4.31. The molecule has 0 aliphatic carbocycles. The molecule has 116 valence electrons. The molecule has 0 bridgehead atoms. The van der Waals surface area contributed by atoms with Crippen LogP contribution in [0.3, 0.4) is 0 Å². The largest absolute Gasteiger partial charge is 0.496 e. The van der Waals surface area contributed by atoms with E-state index in [-0.39, 0.29) is 5.92 Å². The van der Waals surface area contributed by atoms with E-state index in [0.29, 0.717) is 17.7 Å². The number of carbonyl (C=O) groups is 2. The predicted octanol–water partition coefficient (Wildman–Crippen LogP) is 2.65. The van der Waals surface area contributed by atoms with Crippen LogP contribution in [0.25, 0.3) is 0 Å². The number of ether oxygens (including phenoxy) is 1. The lowest BCUT2D eigenvalue weighted by molar-refractivity contribution is -0.139. The summed E-state index contributed by atoms with van der Waals surface area (Å²) in [6.45, 7) is 3.83. The molecule has 1 amide bonds. The molecule has 1 aromatic carbocycles. The Bertz CT molecular complexity index is 516. The van der Waals surface area contributed by atoms with Crippen LogP contribution in [0, 0.1) is 5.92 Å². The van der Waals surface area contributed by atoms with E-state index in [0.717, 1.165) is 4.90 Å². The number of methoxy groups -OCH3 is 1. The lowest BCUT2D eigenvalue weighted by atomic mass is 10.0. The Labute approximate surface area is 129 Å². The molecule has 0 spiro atoms. The summed E-state index contributed by atoms with van der Waals surface area (Å²) in [5.74, 6) is -0.857. The number of nitrogens with one attached hydrogen (secondary N) is 1. The molecule has 1 rings (SSSR count). The van der Waals surface area contributed by atoms with Crippen LogP contribution in [0.2, 0.25) is 0 Å². The van der Waals surface area contributed by atoms with Crippen LogP contribution in [0.1, 0.15) is 30.6 Å². The van der Waals surface area contributed by atoms with Crippen molar-refractivity contribution in [2.24, 2.45) is 5.92 Å². The lowest BCUT2D eigenvalue weighted by Crippen LogP contribution is -2.41. The van der Waals surface area contributed by atoms with Gasteiger partial charge in [0.2, 0.25) is 0 Å². The van der Waals surface area contributed by atoms with Crippen LogP contribution >= 0.6 is 11.8 Å². The van der Waals surface area contributed by atoms with Crippen molar-refractivity contribution in [1.29, 1.82) is 0 Å². The first kappa shape index (κ1) is 17.4. The van der Waals surface area contributed by atoms with Crippen molar-refractivity contribution in [2.75, 3.05) is 13.4 Å². The van der Waals surface area contributed by atoms with E-state index in [1.54, 1.807) is 30.0 Å². The molecule has 1 unspecified atom stereocenters. The van der Waals surface area contributed by atoms with Crippen molar-refractivity contribution in [3.05, 3.63) is 23.8 Å². The average molecular weight is 311 g/mol. The van der Waals surface area contributed by atoms with E-state index in [4.69, 9.17) is 4.74 Å². The van der Waals surface area contributed by atoms with Gasteiger partial charge in [-0.15, -0.1) is 11.8 Å². The SMILES string of the molecule is COc1cc(SC)ccc1C(=O)NC(CC(C)C)C(=O)O. The topological polar surface area (TPSA) is 75.6 Å². The number of hydrogen-bond acceptors (Lipinski definition) is 4. The van der Waals surface area contributed by atoms with Crippen LogP contribution in [-0.2, 0) is 4.79 Å². The van der Waals surface area contributed by atoms with Crippen LogP contribution in [0.4, 0.5) is 0 Å². The van der Waals surface area contributed by atoms with Crippen molar-refractivity contribution >= 4 is 23.6 Å². The number of benzene rings is 1. The molecule has 0 aliphatic heterocycles. The van der Waals surface area contributed by atoms with Gasteiger partial charge in [0, 0.05) is 4.90 Å². The van der Waals surface area contributed by atoms with Gasteiger partial charge in [-0.1, -0.05) is 13.8 Å². The molecule has 21 heavy (non-hydrogen) atoms. The predicted molar refractivity (Wildman–Crippen MR) is 83.1 cm³/mol. The molecule has 1 aromatic rings. The third kappa shape index (κ3) is 4.97. The summed E-state index contributed by atoms with van der Waals surface area (Å²) in [4.78, 5) is 24.4. The number of amides is 1. The molecule has 5 nitrogen and oxygen atoms in total. The second kappa shape index (κ2) is 7.93. The number of hydrogen-bond donors (Lipinski definition) is 2. The fraction of sp³-hybridized carbons (Fsp3) is 0.467. The Morgan fingerprint density at radius 2 is 2.05 bits per heavy atom. The fourth-order valence-electron chi connectivity index (χ4n) is 1.91. The molecule has 0 heterocycles. The zero-order valence-corrected chi connectivity index (χ0v) is 13.5. The molecular weight excluding hydrogens is 290 g/mol. The minimum Gasteiger partial charge on any atom is -0.496 e. The van der Waals surface area contributed by atoms with Gasteiger partial charge in [-0.2, -0.15) is 0 Å². The van der Waals surface area contributed by atoms with Crippen molar-refractivity contribution in [2.45, 2.75) is 31.2 Å². The number of rotatable bonds is 7. The number of aliphatic carboxylic acids is 1. The Kier molecular flexibility index (Phi) is 6.55. The molecule has 0 aromatic heterocycles. The Morgan fingerprint density at radius 1 is 1.38 bits per heavy atom. The van der Waals surface area contributed by atoms with Crippen LogP contribution in [0.5, 0.6) is 5.75 Å². The minimum atomic E-state index is -1.03. The minimum absolute atomic E-state index is 0.173. The highest BCUT2D eigenvalue weighted by Crippen LogP contribution is 2.25. The average Bonchev–Trinajstić information content (AvgIpc) is 2.45. The Hall–Kier alpha value is -1.69. The van der Waals surface area contributed by atoms with E-state index >= 15 is 0 Å². The van der Waals surface area contributed by atoms with Crippen molar-refractivity contribution in [3.8, 4) is 5.75 Å². The van der Waals surface area contributed by atoms with Gasteiger partial charge in [0.1, 0.15) is 11.8 Å². The first-order valence-electron chi connectivity index (χ1n) is 6.64. The molecule has 1 atom stereocenters. The molecule has 2 N–H and O–H groups in total. The number of carbonyl (C=O) groups excluding carboxylic acids is 1. The van der Waals surface area contributed by atoms with Gasteiger partial charge in [-0.3, -0.25) is 4.79 Å². The third-order valence-corrected chi connectivity index (χ3v) is 3.69. The van der Waals surface area contributed by atoms with E-state index in [1.807, 2.05) is 20.1 Å². The van der Waals surface area contributed by atoms with E-state index in [1.165, 1.54) is 7.11 Å². The first-order chi connectivity index (χ1) is 9.88. The van der Waals surface area contributed by atoms with Gasteiger partial charge >= 0.3 is 5.97 Å². The fourth-order valence-corrected chi connectivity index (χ4v) is 2.34. The smallest absolute Gasteiger partial charge is 0.326 e. The second-order valence-electron chi connectivity index (χ2n) is 5.06. The molecule has 0 saturated heterocycles. The number of carboxylic acid groups (broad SMARTS) is 1. The van der Waals surface area contributed by atoms with E-state index in [2.05, 4.69) is 5.32 Å². The zero-order valence-electron chi connectivity index (χ0n) is 12.7. The molecule has 6 heteroatoms. The highest BCUT2D eigenvalue weighted by Gasteiger charge is 2.23. The van der Waals surface area contributed by atoms with E-state index < -0.39 is 17.9 Å². The number of thioether (sulfide) groups is 1. The summed E-state index contributed by atoms with van der Waals surface area (Å²) in [5.41, 5.74) is 0.338. The van der Waals surface area contributed by atoms with Gasteiger partial charge < -0.3 is 15.2 Å². The molecule has 0 aliphatic rings. The summed E-state index contributed by atoms with van der Waals surface area (Å²) >= 11 is 1.54. The monoisotopic (exact) mass is 311 g/mol. The van der Waals surface area contributed by atoms with E-state index in [9.17, 15) is 14.7 Å². The van der Waals surface area contributed by atoms with Crippen molar-refractivity contribution in [3.63, 3.8) is 0 Å². The quantitative estimate of drug-likeness (QED) is 0.757. The Balaban J connectivity index is 2.94. The molecular formula is C15H21NO4S. The van der Waals surface area contributed by atoms with Crippen LogP contribution in [-0.4, -0.2) is 36.4 Å². The van der Waals surface area contributed by atoms with Crippen molar-refractivity contribution in [1.82, 2.24) is 5.32 Å². The van der Waals surface area contributed by atoms with Gasteiger partial charge in [0.05, 0.1) is 12.7 Å². The van der Waals surface area contributed by atoms with Gasteiger partial charge in [0.25, 0.3) is 5.91 Å². The summed E-state index contributed by atoms with van der Waals surface area (Å²) in [5, 5.41) is 11.7. The molecule has 0 radical (unpaired) electrons. The van der Waals surface area contributed by atoms with Gasteiger partial charge in [-0.25, -0.2) is 4.79 Å². The standard InChI is InChI=1S/C15H21NO4S/c1-9(2)7-12(15(18)19)16-14(17)11-6-5-10(21-4)8-13(11)20-3/h5-6,8-9,12H,7H2,1-4H3,(H,16,17)(H,18,19). The summed E-state index contributed by atoms with van der Waals surface area (Å²) < 4.78 is 5.21. The Morgan fingerprint density at radius 3 is 2.52 bits per heavy atom. The number of carboxylic acids is 1. The highest BCUT2D eigenvalue weighted by molar-refractivity contribution is 7.98. The lowest BCUT2D eigenvalue weighted by Gasteiger charge is -2.17. The summed E-state index contributed by atoms with van der Waals surface area (Å²) in [7, 11) is 1.49. The third-order valence-electron chi connectivity index (χ3n) is 2.96. The highest BCUT2D eigenvalue weighted by atomic mass is 32.2. The van der Waals surface area contributed by atoms with Crippen LogP contribution in [0.15, 0.2) is 23.1 Å². The zero-order chi connectivity index (χ0) is 16.0. The second-order valence-corrected chi connectivity index (χ2v) is 5.94. The maximum atomic E-state index is 12.3. The first-order valence-corrected chi connectivity index (χ1v) is 7.87. The molecule has 0 fully saturated rings. The maximum Gasteiger partial charge on any atom is 0.326 e. The molecule has 0 saturated carbocycles. The summed E-state index contributed by atoms with van der Waals surface area (Å²) in [6.07, 6.45) is 2.31. The van der Waals surface area contributed by atoms with Gasteiger partial charge in [-0.05, 0) is 36.8 Å².